The van der Waals surface area contributed by atoms with Gasteiger partial charge in [-0.15, -0.1) is 0 Å². The van der Waals surface area contributed by atoms with Gasteiger partial charge in [-0.25, -0.2) is 0 Å². The van der Waals surface area contributed by atoms with Crippen LogP contribution in [-0.4, -0.2) is 14.4 Å². The molecule has 3 rings (SSSR count). The molecule has 3 aliphatic rings. The van der Waals surface area contributed by atoms with Crippen LogP contribution >= 0.6 is 0 Å². The van der Waals surface area contributed by atoms with Crippen LogP contribution in [0.15, 0.2) is 47.6 Å². The predicted molar refractivity (Wildman–Crippen MR) is 163 cm³/mol. The van der Waals surface area contributed by atoms with Gasteiger partial charge in [-0.1, -0.05) is 26.8 Å². The normalized spacial score (nSPS) is 34.5. The van der Waals surface area contributed by atoms with Gasteiger partial charge in [0.15, 0.2) is 0 Å². The minimum atomic E-state index is -2.07. The molecule has 0 radical (unpaired) electrons. The van der Waals surface area contributed by atoms with Crippen molar-refractivity contribution in [3.8, 4) is 0 Å². The zero-order valence-corrected chi connectivity index (χ0v) is 26.8. The minimum absolute atomic E-state index is 0.290. The third-order valence-corrected chi connectivity index (χ3v) is 16.5. The van der Waals surface area contributed by atoms with Gasteiger partial charge in [-0.2, -0.15) is 0 Å². The van der Waals surface area contributed by atoms with Crippen LogP contribution in [0.5, 0.6) is 0 Å². The summed E-state index contributed by atoms with van der Waals surface area (Å²) in [5, 5.41) is 0.290. The number of allylic oxidation sites excluding steroid dienone is 6. The molecule has 0 bridgehead atoms. The van der Waals surface area contributed by atoms with E-state index in [1.54, 1.807) is 5.57 Å². The second-order valence-electron chi connectivity index (χ2n) is 15.1. The Labute approximate surface area is 226 Å². The molecule has 0 saturated heterocycles. The van der Waals surface area contributed by atoms with E-state index in [0.717, 1.165) is 37.0 Å². The van der Waals surface area contributed by atoms with Crippen LogP contribution in [0.25, 0.3) is 0 Å². The molecule has 1 unspecified atom stereocenters. The van der Waals surface area contributed by atoms with E-state index in [4.69, 9.17) is 4.43 Å². The third kappa shape index (κ3) is 6.58. The number of hydrogen-bond donors (Lipinski definition) is 0. The molecule has 2 heteroatoms. The average Bonchev–Trinajstić information content (AvgIpc) is 3.14. The van der Waals surface area contributed by atoms with Gasteiger partial charge in [0.05, 0.1) is 0 Å². The van der Waals surface area contributed by atoms with Crippen LogP contribution in [0.1, 0.15) is 107 Å². The summed E-state index contributed by atoms with van der Waals surface area (Å²) in [5.74, 6) is 3.62. The Kier molecular flexibility index (Phi) is 9.47. The molecule has 3 saturated carbocycles. The first-order valence-corrected chi connectivity index (χ1v) is 18.7. The van der Waals surface area contributed by atoms with Gasteiger partial charge in [0.1, 0.15) is 0 Å². The predicted octanol–water partition coefficient (Wildman–Crippen LogP) is 10.4. The standard InChI is InChI=1S/C34H59OSi/c1-24(2)25(3)14-15-27(5)31-20-21-32-28(13-12-22-34(31,32)9)17-18-29-23-30(19-16-26(29)4)35-36(10,11)33(6,7)8/h14-15,17-18,24-25,27,30-32,36H,4,12-13,16,19-23H2,1-3,5-11H3/q-1/b15-14+,28-17+,29-18+/t25-,27+,30-,31+,32?,34+/m0/s1. The van der Waals surface area contributed by atoms with Gasteiger partial charge in [0.25, 0.3) is 0 Å². The van der Waals surface area contributed by atoms with Crippen molar-refractivity contribution in [1.82, 2.24) is 0 Å². The van der Waals surface area contributed by atoms with E-state index in [1.807, 2.05) is 0 Å². The molecular formula is C34H59OSi-. The molecule has 0 aromatic rings. The first kappa shape index (κ1) is 29.7. The number of hydrogen-bond acceptors (Lipinski definition) is 1. The third-order valence-electron chi connectivity index (χ3n) is 11.2. The summed E-state index contributed by atoms with van der Waals surface area (Å²) >= 11 is 0. The molecule has 0 aromatic carbocycles. The van der Waals surface area contributed by atoms with Crippen LogP contribution in [0, 0.1) is 35.0 Å². The van der Waals surface area contributed by atoms with Crippen LogP contribution in [0.3, 0.4) is 0 Å². The van der Waals surface area contributed by atoms with E-state index in [1.165, 1.54) is 43.3 Å². The van der Waals surface area contributed by atoms with Gasteiger partial charge < -0.3 is 0 Å². The van der Waals surface area contributed by atoms with Gasteiger partial charge >= 0.3 is 188 Å². The molecule has 0 aliphatic heterocycles. The van der Waals surface area contributed by atoms with Gasteiger partial charge in [-0.05, 0) is 11.8 Å². The van der Waals surface area contributed by atoms with Crippen molar-refractivity contribution in [3.05, 3.63) is 47.6 Å². The Hall–Kier alpha value is -0.863. The van der Waals surface area contributed by atoms with Crippen LogP contribution in [-0.2, 0) is 4.43 Å². The quantitative estimate of drug-likeness (QED) is 0.244. The molecular weight excluding hydrogens is 452 g/mol. The summed E-state index contributed by atoms with van der Waals surface area (Å²) in [6, 6.07) is 0. The fraction of sp³-hybridized carbons (Fsp3) is 0.765. The van der Waals surface area contributed by atoms with Crippen molar-refractivity contribution in [2.45, 2.75) is 131 Å². The van der Waals surface area contributed by atoms with Crippen LogP contribution in [0.4, 0.5) is 0 Å². The van der Waals surface area contributed by atoms with E-state index < -0.39 is 8.32 Å². The molecule has 0 heterocycles. The second-order valence-corrected chi connectivity index (χ2v) is 20.6. The maximum atomic E-state index is 6.85. The molecule has 206 valence electrons. The Morgan fingerprint density at radius 1 is 1.00 bits per heavy atom. The monoisotopic (exact) mass is 511 g/mol. The first-order chi connectivity index (χ1) is 16.7. The molecule has 6 atom stereocenters. The summed E-state index contributed by atoms with van der Waals surface area (Å²) in [5.41, 5.74) is 4.95. The Balaban J connectivity index is 1.73. The molecule has 1 nitrogen and oxygen atoms in total. The fourth-order valence-electron chi connectivity index (χ4n) is 7.03. The van der Waals surface area contributed by atoms with Crippen molar-refractivity contribution in [2.24, 2.45) is 35.0 Å². The van der Waals surface area contributed by atoms with Crippen molar-refractivity contribution in [2.75, 3.05) is 0 Å². The molecule has 36 heavy (non-hydrogen) atoms. The van der Waals surface area contributed by atoms with E-state index in [-0.39, 0.29) is 5.04 Å². The first-order valence-electron chi connectivity index (χ1n) is 15.3. The van der Waals surface area contributed by atoms with Gasteiger partial charge in [0.2, 0.25) is 0 Å². The summed E-state index contributed by atoms with van der Waals surface area (Å²) in [6.45, 7) is 28.5. The van der Waals surface area contributed by atoms with Crippen molar-refractivity contribution < 1.29 is 4.43 Å². The van der Waals surface area contributed by atoms with Crippen LogP contribution < -0.4 is 0 Å². The molecule has 0 amide bonds. The van der Waals surface area contributed by atoms with E-state index >= 15 is 0 Å². The minimum Gasteiger partial charge on any atom is -0.0852 e. The zero-order chi connectivity index (χ0) is 26.9. The molecule has 0 spiro atoms. The van der Waals surface area contributed by atoms with Gasteiger partial charge in [0, 0.05) is 0 Å². The zero-order valence-electron chi connectivity index (χ0n) is 25.6. The van der Waals surface area contributed by atoms with Crippen molar-refractivity contribution >= 4 is 8.32 Å². The van der Waals surface area contributed by atoms with Gasteiger partial charge in [-0.3, -0.25) is 0 Å². The van der Waals surface area contributed by atoms with E-state index in [0.29, 0.717) is 23.4 Å². The summed E-state index contributed by atoms with van der Waals surface area (Å²) in [4.78, 5) is 0. The molecule has 0 N–H and O–H groups in total. The van der Waals surface area contributed by atoms with Crippen molar-refractivity contribution in [1.29, 1.82) is 0 Å². The summed E-state index contributed by atoms with van der Waals surface area (Å²) < 4.78 is 6.85. The number of rotatable bonds is 7. The van der Waals surface area contributed by atoms with E-state index in [9.17, 15) is 0 Å². The topological polar surface area (TPSA) is 9.23 Å². The summed E-state index contributed by atoms with van der Waals surface area (Å²) in [6.07, 6.45) is 20.4. The van der Waals surface area contributed by atoms with E-state index in [2.05, 4.69) is 99.4 Å². The van der Waals surface area contributed by atoms with Crippen molar-refractivity contribution in [3.63, 3.8) is 0 Å². The second kappa shape index (κ2) is 11.5. The molecule has 3 aliphatic carbocycles. The fourth-order valence-corrected chi connectivity index (χ4v) is 8.64. The Bertz CT molecular complexity index is 866. The molecule has 0 aromatic heterocycles. The Morgan fingerprint density at radius 2 is 1.69 bits per heavy atom. The maximum absolute atomic E-state index is 6.85. The Morgan fingerprint density at radius 3 is 2.33 bits per heavy atom. The SMILES string of the molecule is C=C1CC[C@H](O[SiH-](C)(C)C(C)(C)C)C/C1=C\C=C1/CCC[C@@]2(C)C1CC[C@@H]2[C@H](C)/C=C/[C@H](C)C(C)C. The average molecular weight is 512 g/mol. The smallest absolute Gasteiger partial charge is 0.0852 e. The summed E-state index contributed by atoms with van der Waals surface area (Å²) in [7, 11) is -2.07. The molecule has 3 fully saturated rings. The number of fused-ring (bicyclic) bond motifs is 1. The van der Waals surface area contributed by atoms with Crippen LogP contribution in [0.2, 0.25) is 18.1 Å².